The maximum absolute atomic E-state index is 11.8. The number of nitrogens with one attached hydrogen (secondary N) is 1. The number of fused-ring (bicyclic) bond motifs is 1. The largest absolute Gasteiger partial charge is 0.480 e. The Morgan fingerprint density at radius 2 is 2.29 bits per heavy atom. The highest BCUT2D eigenvalue weighted by atomic mass is 32.2. The topological polar surface area (TPSA) is 93.0 Å². The van der Waals surface area contributed by atoms with Gasteiger partial charge >= 0.3 is 0 Å². The molecule has 2 aromatic rings. The summed E-state index contributed by atoms with van der Waals surface area (Å²) < 4.78 is 7.34. The molecular formula is C15H16N4O4S. The van der Waals surface area contributed by atoms with Crippen molar-refractivity contribution in [2.45, 2.75) is 6.92 Å². The molecule has 24 heavy (non-hydrogen) atoms. The summed E-state index contributed by atoms with van der Waals surface area (Å²) >= 11 is 0.974. The second-order valence-corrected chi connectivity index (χ2v) is 6.15. The van der Waals surface area contributed by atoms with Crippen LogP contribution in [-0.4, -0.2) is 56.8 Å². The first kappa shape index (κ1) is 16.3. The van der Waals surface area contributed by atoms with Gasteiger partial charge in [-0.05, 0) is 19.1 Å². The van der Waals surface area contributed by atoms with E-state index in [-0.39, 0.29) is 42.5 Å². The number of imidazole rings is 1. The first-order valence-corrected chi connectivity index (χ1v) is 8.34. The summed E-state index contributed by atoms with van der Waals surface area (Å²) in [5.74, 6) is 0.134. The summed E-state index contributed by atoms with van der Waals surface area (Å²) in [7, 11) is 0. The molecule has 0 aromatic carbocycles. The third kappa shape index (κ3) is 3.51. The summed E-state index contributed by atoms with van der Waals surface area (Å²) in [4.78, 5) is 40.2. The van der Waals surface area contributed by atoms with Crippen molar-refractivity contribution in [3.8, 4) is 5.75 Å². The van der Waals surface area contributed by atoms with Crippen LogP contribution >= 0.6 is 11.8 Å². The first-order chi connectivity index (χ1) is 11.5. The molecule has 0 spiro atoms. The Morgan fingerprint density at radius 1 is 1.46 bits per heavy atom. The van der Waals surface area contributed by atoms with Gasteiger partial charge in [0.25, 0.3) is 11.1 Å². The number of pyridine rings is 1. The van der Waals surface area contributed by atoms with E-state index >= 15 is 0 Å². The normalized spacial score (nSPS) is 14.5. The zero-order valence-corrected chi connectivity index (χ0v) is 13.8. The molecule has 1 saturated heterocycles. The van der Waals surface area contributed by atoms with Crippen molar-refractivity contribution in [2.75, 3.05) is 25.4 Å². The molecule has 0 aliphatic carbocycles. The number of amides is 3. The van der Waals surface area contributed by atoms with E-state index in [4.69, 9.17) is 4.74 Å². The van der Waals surface area contributed by atoms with Gasteiger partial charge in [0.2, 0.25) is 5.91 Å². The van der Waals surface area contributed by atoms with Gasteiger partial charge in [-0.1, -0.05) is 11.8 Å². The molecule has 1 aliphatic rings. The van der Waals surface area contributed by atoms with Crippen molar-refractivity contribution in [1.29, 1.82) is 0 Å². The lowest BCUT2D eigenvalue weighted by molar-refractivity contribution is -0.126. The van der Waals surface area contributed by atoms with E-state index in [9.17, 15) is 14.4 Å². The second-order valence-electron chi connectivity index (χ2n) is 5.22. The Morgan fingerprint density at radius 3 is 3.04 bits per heavy atom. The summed E-state index contributed by atoms with van der Waals surface area (Å²) in [5.41, 5.74) is 1.50. The van der Waals surface area contributed by atoms with Crippen LogP contribution in [0.4, 0.5) is 4.79 Å². The van der Waals surface area contributed by atoms with E-state index in [0.29, 0.717) is 11.4 Å². The molecule has 0 radical (unpaired) electrons. The summed E-state index contributed by atoms with van der Waals surface area (Å²) in [5, 5.41) is 2.36. The number of aromatic nitrogens is 2. The van der Waals surface area contributed by atoms with Crippen molar-refractivity contribution in [1.82, 2.24) is 19.6 Å². The van der Waals surface area contributed by atoms with Gasteiger partial charge in [0, 0.05) is 25.5 Å². The molecule has 1 fully saturated rings. The highest BCUT2D eigenvalue weighted by Crippen LogP contribution is 2.19. The number of thioether (sulfide) groups is 1. The highest BCUT2D eigenvalue weighted by Gasteiger charge is 2.29. The number of carbonyl (C=O) groups is 3. The standard InChI is InChI=1S/C15H16N4O4S/c1-10-7-18-5-2-3-11(14(18)17-10)23-8-12(20)16-4-6-19-13(21)9-24-15(19)22/h2-3,5,7H,4,6,8-9H2,1H3,(H,16,20). The van der Waals surface area contributed by atoms with Crippen LogP contribution in [0.25, 0.3) is 5.65 Å². The molecule has 0 atom stereocenters. The Kier molecular flexibility index (Phi) is 4.70. The lowest BCUT2D eigenvalue weighted by Crippen LogP contribution is -2.39. The predicted octanol–water partition coefficient (Wildman–Crippen LogP) is 0.833. The van der Waals surface area contributed by atoms with E-state index in [0.717, 1.165) is 22.4 Å². The van der Waals surface area contributed by atoms with Crippen LogP contribution in [0.15, 0.2) is 24.5 Å². The van der Waals surface area contributed by atoms with Crippen molar-refractivity contribution in [3.63, 3.8) is 0 Å². The Hall–Kier alpha value is -2.55. The van der Waals surface area contributed by atoms with Crippen molar-refractivity contribution in [2.24, 2.45) is 0 Å². The molecular weight excluding hydrogens is 332 g/mol. The van der Waals surface area contributed by atoms with Gasteiger partial charge in [0.05, 0.1) is 11.4 Å². The van der Waals surface area contributed by atoms with Crippen molar-refractivity contribution >= 4 is 34.5 Å². The first-order valence-electron chi connectivity index (χ1n) is 7.35. The molecule has 126 valence electrons. The molecule has 3 amide bonds. The molecule has 9 heteroatoms. The van der Waals surface area contributed by atoms with Gasteiger partial charge in [-0.15, -0.1) is 0 Å². The second kappa shape index (κ2) is 6.91. The van der Waals surface area contributed by atoms with Gasteiger partial charge in [-0.3, -0.25) is 19.3 Å². The van der Waals surface area contributed by atoms with Gasteiger partial charge in [0.1, 0.15) is 0 Å². The zero-order valence-electron chi connectivity index (χ0n) is 13.0. The minimum Gasteiger partial charge on any atom is -0.480 e. The number of ether oxygens (including phenoxy) is 1. The summed E-state index contributed by atoms with van der Waals surface area (Å²) in [6.45, 7) is 2.09. The van der Waals surface area contributed by atoms with Crippen LogP contribution in [0.3, 0.4) is 0 Å². The number of aryl methyl sites for hydroxylation is 1. The number of carbonyl (C=O) groups excluding carboxylic acids is 3. The van der Waals surface area contributed by atoms with Gasteiger partial charge < -0.3 is 14.5 Å². The summed E-state index contributed by atoms with van der Waals surface area (Å²) in [6.07, 6.45) is 3.72. The van der Waals surface area contributed by atoms with Gasteiger partial charge in [0.15, 0.2) is 18.0 Å². The lowest BCUT2D eigenvalue weighted by atomic mass is 10.4. The molecule has 8 nitrogen and oxygen atoms in total. The maximum Gasteiger partial charge on any atom is 0.288 e. The fraction of sp³-hybridized carbons (Fsp3) is 0.333. The minimum absolute atomic E-state index is 0.164. The predicted molar refractivity (Wildman–Crippen MR) is 88.0 cm³/mol. The number of imide groups is 1. The van der Waals surface area contributed by atoms with Crippen LogP contribution in [0.5, 0.6) is 5.75 Å². The Labute approximate surface area is 142 Å². The average molecular weight is 348 g/mol. The van der Waals surface area contributed by atoms with Crippen LogP contribution in [0.1, 0.15) is 5.69 Å². The number of nitrogens with zero attached hydrogens (tertiary/aromatic N) is 3. The zero-order chi connectivity index (χ0) is 17.1. The fourth-order valence-corrected chi connectivity index (χ4v) is 3.07. The van der Waals surface area contributed by atoms with E-state index in [1.807, 2.05) is 29.8 Å². The quantitative estimate of drug-likeness (QED) is 0.831. The van der Waals surface area contributed by atoms with E-state index in [1.54, 1.807) is 6.07 Å². The Bertz CT molecular complexity index is 788. The van der Waals surface area contributed by atoms with Crippen LogP contribution < -0.4 is 10.1 Å². The molecule has 0 unspecified atom stereocenters. The molecule has 0 bridgehead atoms. The number of rotatable bonds is 6. The van der Waals surface area contributed by atoms with Crippen molar-refractivity contribution in [3.05, 3.63) is 30.2 Å². The minimum atomic E-state index is -0.327. The van der Waals surface area contributed by atoms with Crippen molar-refractivity contribution < 1.29 is 19.1 Å². The van der Waals surface area contributed by atoms with Crippen LogP contribution in [0.2, 0.25) is 0 Å². The van der Waals surface area contributed by atoms with Gasteiger partial charge in [-0.2, -0.15) is 0 Å². The monoisotopic (exact) mass is 348 g/mol. The highest BCUT2D eigenvalue weighted by molar-refractivity contribution is 8.14. The molecule has 1 aliphatic heterocycles. The number of hydrogen-bond acceptors (Lipinski definition) is 6. The van der Waals surface area contributed by atoms with E-state index < -0.39 is 0 Å². The number of hydrogen-bond donors (Lipinski definition) is 1. The molecule has 1 N–H and O–H groups in total. The van der Waals surface area contributed by atoms with Gasteiger partial charge in [-0.25, -0.2) is 4.98 Å². The van der Waals surface area contributed by atoms with E-state index in [1.165, 1.54) is 0 Å². The molecule has 3 rings (SSSR count). The molecule has 0 saturated carbocycles. The SMILES string of the molecule is Cc1cn2cccc(OCC(=O)NCCN3C(=O)CSC3=O)c2n1. The third-order valence-corrected chi connectivity index (χ3v) is 4.28. The molecule has 3 heterocycles. The third-order valence-electron chi connectivity index (χ3n) is 3.42. The van der Waals surface area contributed by atoms with Crippen LogP contribution in [0, 0.1) is 6.92 Å². The fourth-order valence-electron chi connectivity index (χ4n) is 2.32. The molecule has 2 aromatic heterocycles. The average Bonchev–Trinajstić information content (AvgIpc) is 3.08. The van der Waals surface area contributed by atoms with E-state index in [2.05, 4.69) is 10.3 Å². The Balaban J connectivity index is 1.48. The lowest BCUT2D eigenvalue weighted by Gasteiger charge is -2.13. The van der Waals surface area contributed by atoms with Crippen LogP contribution in [-0.2, 0) is 9.59 Å². The summed E-state index contributed by atoms with van der Waals surface area (Å²) in [6, 6.07) is 3.55. The maximum atomic E-state index is 11.8. The smallest absolute Gasteiger partial charge is 0.288 e.